The minimum absolute atomic E-state index is 0.0214. The van der Waals surface area contributed by atoms with Crippen LogP contribution < -0.4 is 10.6 Å². The van der Waals surface area contributed by atoms with Crippen molar-refractivity contribution >= 4 is 28.9 Å². The molecule has 0 saturated carbocycles. The maximum atomic E-state index is 12.0. The molecule has 0 bridgehead atoms. The molecule has 0 radical (unpaired) electrons. The third-order valence-corrected chi connectivity index (χ3v) is 4.02. The first-order valence-electron chi connectivity index (χ1n) is 7.48. The molecule has 2 N–H and O–H groups in total. The van der Waals surface area contributed by atoms with Gasteiger partial charge in [0.1, 0.15) is 0 Å². The SMILES string of the molecule is CCc1ccccc1NCCC(=O)Nc1cccc(Cl)c1C. The van der Waals surface area contributed by atoms with Gasteiger partial charge >= 0.3 is 0 Å². The Balaban J connectivity index is 1.87. The molecule has 116 valence electrons. The van der Waals surface area contributed by atoms with Crippen molar-refractivity contribution in [2.24, 2.45) is 0 Å². The van der Waals surface area contributed by atoms with Crippen LogP contribution in [-0.2, 0) is 11.2 Å². The minimum atomic E-state index is -0.0214. The second kappa shape index (κ2) is 7.85. The number of hydrogen-bond acceptors (Lipinski definition) is 2. The zero-order valence-electron chi connectivity index (χ0n) is 12.9. The van der Waals surface area contributed by atoms with Gasteiger partial charge in [0.25, 0.3) is 0 Å². The maximum Gasteiger partial charge on any atom is 0.226 e. The van der Waals surface area contributed by atoms with Crippen LogP contribution in [0.3, 0.4) is 0 Å². The topological polar surface area (TPSA) is 41.1 Å². The van der Waals surface area contributed by atoms with E-state index in [0.29, 0.717) is 18.0 Å². The number of rotatable bonds is 6. The van der Waals surface area contributed by atoms with Crippen LogP contribution in [0.1, 0.15) is 24.5 Å². The molecule has 0 unspecified atom stereocenters. The highest BCUT2D eigenvalue weighted by molar-refractivity contribution is 6.31. The van der Waals surface area contributed by atoms with E-state index >= 15 is 0 Å². The van der Waals surface area contributed by atoms with E-state index < -0.39 is 0 Å². The number of halogens is 1. The Morgan fingerprint density at radius 1 is 1.09 bits per heavy atom. The zero-order chi connectivity index (χ0) is 15.9. The smallest absolute Gasteiger partial charge is 0.226 e. The summed E-state index contributed by atoms with van der Waals surface area (Å²) < 4.78 is 0. The lowest BCUT2D eigenvalue weighted by Gasteiger charge is -2.12. The molecule has 0 heterocycles. The molecule has 22 heavy (non-hydrogen) atoms. The Kier molecular flexibility index (Phi) is 5.84. The molecule has 2 rings (SSSR count). The average molecular weight is 317 g/mol. The molecule has 0 aromatic heterocycles. The number of amides is 1. The second-order valence-electron chi connectivity index (χ2n) is 5.15. The summed E-state index contributed by atoms with van der Waals surface area (Å²) in [5.41, 5.74) is 4.01. The van der Waals surface area contributed by atoms with Gasteiger partial charge in [0.15, 0.2) is 0 Å². The first kappa shape index (κ1) is 16.4. The molecule has 0 fully saturated rings. The largest absolute Gasteiger partial charge is 0.384 e. The van der Waals surface area contributed by atoms with Gasteiger partial charge in [-0.3, -0.25) is 4.79 Å². The Morgan fingerprint density at radius 3 is 2.59 bits per heavy atom. The highest BCUT2D eigenvalue weighted by Gasteiger charge is 2.07. The first-order valence-corrected chi connectivity index (χ1v) is 7.86. The van der Waals surface area contributed by atoms with Crippen LogP contribution in [0.25, 0.3) is 0 Å². The Morgan fingerprint density at radius 2 is 1.82 bits per heavy atom. The summed E-state index contributed by atoms with van der Waals surface area (Å²) in [5.74, 6) is -0.0214. The molecular formula is C18H21ClN2O. The van der Waals surface area contributed by atoms with Gasteiger partial charge in [-0.25, -0.2) is 0 Å². The van der Waals surface area contributed by atoms with Crippen molar-refractivity contribution in [3.63, 3.8) is 0 Å². The van der Waals surface area contributed by atoms with Crippen LogP contribution in [0.15, 0.2) is 42.5 Å². The van der Waals surface area contributed by atoms with Crippen molar-refractivity contribution in [2.75, 3.05) is 17.2 Å². The van der Waals surface area contributed by atoms with Crippen LogP contribution in [0.4, 0.5) is 11.4 Å². The van der Waals surface area contributed by atoms with E-state index in [1.807, 2.05) is 43.3 Å². The molecule has 0 aliphatic heterocycles. The van der Waals surface area contributed by atoms with Crippen LogP contribution >= 0.6 is 11.6 Å². The summed E-state index contributed by atoms with van der Waals surface area (Å²) in [6, 6.07) is 13.7. The summed E-state index contributed by atoms with van der Waals surface area (Å²) >= 11 is 6.05. The molecule has 0 saturated heterocycles. The maximum absolute atomic E-state index is 12.0. The first-order chi connectivity index (χ1) is 10.6. The van der Waals surface area contributed by atoms with Crippen molar-refractivity contribution in [1.29, 1.82) is 0 Å². The fourth-order valence-corrected chi connectivity index (χ4v) is 2.44. The molecule has 2 aromatic rings. The lowest BCUT2D eigenvalue weighted by Crippen LogP contribution is -2.17. The Labute approximate surface area is 136 Å². The van der Waals surface area contributed by atoms with Gasteiger partial charge in [-0.1, -0.05) is 42.8 Å². The fraction of sp³-hybridized carbons (Fsp3) is 0.278. The predicted molar refractivity (Wildman–Crippen MR) is 93.7 cm³/mol. The van der Waals surface area contributed by atoms with Gasteiger partial charge in [0, 0.05) is 29.4 Å². The van der Waals surface area contributed by atoms with E-state index in [4.69, 9.17) is 11.6 Å². The molecule has 0 aliphatic rings. The normalized spacial score (nSPS) is 10.3. The lowest BCUT2D eigenvalue weighted by molar-refractivity contribution is -0.115. The van der Waals surface area contributed by atoms with Crippen molar-refractivity contribution in [1.82, 2.24) is 0 Å². The van der Waals surface area contributed by atoms with Gasteiger partial charge in [0.05, 0.1) is 0 Å². The average Bonchev–Trinajstić information content (AvgIpc) is 2.52. The number of para-hydroxylation sites is 1. The Hall–Kier alpha value is -2.00. The molecule has 4 heteroatoms. The second-order valence-corrected chi connectivity index (χ2v) is 5.56. The molecule has 3 nitrogen and oxygen atoms in total. The van der Waals surface area contributed by atoms with E-state index in [9.17, 15) is 4.79 Å². The third kappa shape index (κ3) is 4.25. The van der Waals surface area contributed by atoms with Crippen molar-refractivity contribution in [3.8, 4) is 0 Å². The summed E-state index contributed by atoms with van der Waals surface area (Å²) in [5, 5.41) is 6.88. The van der Waals surface area contributed by atoms with Crippen LogP contribution in [0.2, 0.25) is 5.02 Å². The number of carbonyl (C=O) groups is 1. The predicted octanol–water partition coefficient (Wildman–Crippen LogP) is 4.65. The summed E-state index contributed by atoms with van der Waals surface area (Å²) in [6.45, 7) is 4.62. The number of nitrogens with one attached hydrogen (secondary N) is 2. The van der Waals surface area contributed by atoms with E-state index in [2.05, 4.69) is 23.6 Å². The molecule has 1 amide bonds. The summed E-state index contributed by atoms with van der Waals surface area (Å²) in [4.78, 5) is 12.0. The molecule has 0 aliphatic carbocycles. The van der Waals surface area contributed by atoms with Gasteiger partial charge in [-0.15, -0.1) is 0 Å². The quantitative estimate of drug-likeness (QED) is 0.814. The highest BCUT2D eigenvalue weighted by Crippen LogP contribution is 2.23. The third-order valence-electron chi connectivity index (χ3n) is 3.61. The molecule has 2 aromatic carbocycles. The van der Waals surface area contributed by atoms with Crippen molar-refractivity contribution in [3.05, 3.63) is 58.6 Å². The number of carbonyl (C=O) groups excluding carboxylic acids is 1. The molecular weight excluding hydrogens is 296 g/mol. The standard InChI is InChI=1S/C18H21ClN2O/c1-3-14-7-4-5-9-17(14)20-12-11-18(22)21-16-10-6-8-15(19)13(16)2/h4-10,20H,3,11-12H2,1-2H3,(H,21,22). The zero-order valence-corrected chi connectivity index (χ0v) is 13.7. The van der Waals surface area contributed by atoms with Gasteiger partial charge in [-0.2, -0.15) is 0 Å². The molecule has 0 atom stereocenters. The van der Waals surface area contributed by atoms with Crippen molar-refractivity contribution < 1.29 is 4.79 Å². The monoisotopic (exact) mass is 316 g/mol. The van der Waals surface area contributed by atoms with Crippen LogP contribution in [0.5, 0.6) is 0 Å². The minimum Gasteiger partial charge on any atom is -0.384 e. The van der Waals surface area contributed by atoms with E-state index in [1.165, 1.54) is 5.56 Å². The highest BCUT2D eigenvalue weighted by atomic mass is 35.5. The van der Waals surface area contributed by atoms with Gasteiger partial charge in [0.2, 0.25) is 5.91 Å². The number of hydrogen-bond donors (Lipinski definition) is 2. The summed E-state index contributed by atoms with van der Waals surface area (Å²) in [7, 11) is 0. The van der Waals surface area contributed by atoms with Gasteiger partial charge < -0.3 is 10.6 Å². The number of anilines is 2. The Bertz CT molecular complexity index is 655. The van der Waals surface area contributed by atoms with E-state index in [-0.39, 0.29) is 5.91 Å². The number of benzene rings is 2. The number of aryl methyl sites for hydroxylation is 1. The summed E-state index contributed by atoms with van der Waals surface area (Å²) in [6.07, 6.45) is 1.38. The van der Waals surface area contributed by atoms with Crippen molar-refractivity contribution in [2.45, 2.75) is 26.7 Å². The van der Waals surface area contributed by atoms with E-state index in [0.717, 1.165) is 23.4 Å². The van der Waals surface area contributed by atoms with Crippen LogP contribution in [0, 0.1) is 6.92 Å². The fourth-order valence-electron chi connectivity index (χ4n) is 2.27. The van der Waals surface area contributed by atoms with E-state index in [1.54, 1.807) is 0 Å². The lowest BCUT2D eigenvalue weighted by atomic mass is 10.1. The molecule has 0 spiro atoms. The van der Waals surface area contributed by atoms with Crippen LogP contribution in [-0.4, -0.2) is 12.5 Å². The van der Waals surface area contributed by atoms with Gasteiger partial charge in [-0.05, 0) is 42.7 Å².